The quantitative estimate of drug-likeness (QED) is 0.652. The van der Waals surface area contributed by atoms with Crippen LogP contribution in [0.2, 0.25) is 0 Å². The van der Waals surface area contributed by atoms with Crippen LogP contribution in [0.15, 0.2) is 42.6 Å². The highest BCUT2D eigenvalue weighted by atomic mass is 19.3. The van der Waals surface area contributed by atoms with Gasteiger partial charge in [-0.15, -0.1) is 0 Å². The molecule has 2 aromatic rings. The topological polar surface area (TPSA) is 87.2 Å². The van der Waals surface area contributed by atoms with E-state index in [0.29, 0.717) is 38.5 Å². The van der Waals surface area contributed by atoms with Crippen molar-refractivity contribution in [3.8, 4) is 0 Å². The highest BCUT2D eigenvalue weighted by Gasteiger charge is 2.33. The van der Waals surface area contributed by atoms with E-state index in [4.69, 9.17) is 9.57 Å². The van der Waals surface area contributed by atoms with Gasteiger partial charge in [-0.3, -0.25) is 19.5 Å². The van der Waals surface area contributed by atoms with Crippen molar-refractivity contribution in [1.29, 1.82) is 0 Å². The number of alkyl halides is 2. The summed E-state index contributed by atoms with van der Waals surface area (Å²) in [7, 11) is 0. The largest absolute Gasteiger partial charge is 0.442 e. The molecule has 4 rings (SSSR count). The van der Waals surface area contributed by atoms with E-state index in [1.807, 2.05) is 28.4 Å². The Morgan fingerprint density at radius 3 is 2.79 bits per heavy atom. The summed E-state index contributed by atoms with van der Waals surface area (Å²) in [5, 5.41) is 3.80. The maximum atomic E-state index is 15.0. The molecule has 2 amide bonds. The monoisotopic (exact) mass is 479 g/mol. The minimum absolute atomic E-state index is 0.00116. The Balaban J connectivity index is 1.35. The molecule has 34 heavy (non-hydrogen) atoms. The standard InChI is InChI=1S/C22H24F3N5O4/c23-18-11-16(30-14-17(34-22(30)32)12-27-21(31)20(24)25)4-5-19(18)28-7-8-29(33-10-9-28)13-15-3-1-2-6-26-15/h1-6,11,17,20H,7-10,12-14H2,(H,27,31). The van der Waals surface area contributed by atoms with Crippen molar-refractivity contribution in [1.82, 2.24) is 15.4 Å². The third-order valence-corrected chi connectivity index (χ3v) is 5.48. The normalized spacial score (nSPS) is 19.3. The van der Waals surface area contributed by atoms with Gasteiger partial charge in [-0.05, 0) is 30.3 Å². The molecule has 3 heterocycles. The fourth-order valence-electron chi connectivity index (χ4n) is 3.78. The number of hydroxylamine groups is 2. The van der Waals surface area contributed by atoms with Crippen LogP contribution in [-0.2, 0) is 20.9 Å². The van der Waals surface area contributed by atoms with Crippen molar-refractivity contribution in [3.05, 3.63) is 54.1 Å². The van der Waals surface area contributed by atoms with Crippen LogP contribution in [0.4, 0.5) is 29.3 Å². The van der Waals surface area contributed by atoms with Crippen LogP contribution in [0, 0.1) is 5.82 Å². The average Bonchev–Trinajstić information content (AvgIpc) is 3.04. The van der Waals surface area contributed by atoms with Gasteiger partial charge in [-0.25, -0.2) is 9.18 Å². The highest BCUT2D eigenvalue weighted by molar-refractivity contribution is 5.90. The van der Waals surface area contributed by atoms with Gasteiger partial charge in [-0.2, -0.15) is 13.8 Å². The van der Waals surface area contributed by atoms with Gasteiger partial charge in [-0.1, -0.05) is 6.07 Å². The number of amides is 2. The molecule has 1 unspecified atom stereocenters. The molecule has 2 aliphatic rings. The number of cyclic esters (lactones) is 1. The molecule has 12 heteroatoms. The van der Waals surface area contributed by atoms with Gasteiger partial charge in [0.1, 0.15) is 11.9 Å². The lowest BCUT2D eigenvalue weighted by atomic mass is 10.2. The molecule has 0 saturated carbocycles. The molecule has 0 spiro atoms. The van der Waals surface area contributed by atoms with Crippen molar-refractivity contribution in [2.45, 2.75) is 19.1 Å². The van der Waals surface area contributed by atoms with E-state index in [-0.39, 0.29) is 18.8 Å². The summed E-state index contributed by atoms with van der Waals surface area (Å²) in [5.74, 6) is -1.96. The smallest absolute Gasteiger partial charge is 0.414 e. The molecule has 0 bridgehead atoms. The number of halogens is 3. The minimum Gasteiger partial charge on any atom is -0.442 e. The fourth-order valence-corrected chi connectivity index (χ4v) is 3.78. The number of aromatic nitrogens is 1. The second-order valence-electron chi connectivity index (χ2n) is 7.80. The summed E-state index contributed by atoms with van der Waals surface area (Å²) in [4.78, 5) is 36.3. The van der Waals surface area contributed by atoms with Crippen LogP contribution < -0.4 is 15.1 Å². The van der Waals surface area contributed by atoms with Gasteiger partial charge in [0.25, 0.3) is 5.91 Å². The summed E-state index contributed by atoms with van der Waals surface area (Å²) in [6, 6.07) is 10.1. The van der Waals surface area contributed by atoms with Crippen molar-refractivity contribution in [2.75, 3.05) is 49.1 Å². The second kappa shape index (κ2) is 10.7. The Bertz CT molecular complexity index is 1010. The Kier molecular flexibility index (Phi) is 7.48. The maximum absolute atomic E-state index is 15.0. The number of rotatable bonds is 7. The zero-order valence-corrected chi connectivity index (χ0v) is 18.2. The zero-order chi connectivity index (χ0) is 24.1. The molecular formula is C22H24F3N5O4. The summed E-state index contributed by atoms with van der Waals surface area (Å²) in [6.45, 7) is 2.19. The van der Waals surface area contributed by atoms with Crippen molar-refractivity contribution in [2.24, 2.45) is 0 Å². The number of nitrogens with zero attached hydrogens (tertiary/aromatic N) is 4. The molecule has 0 radical (unpaired) electrons. The number of anilines is 2. The predicted molar refractivity (Wildman–Crippen MR) is 116 cm³/mol. The summed E-state index contributed by atoms with van der Waals surface area (Å²) in [5.41, 5.74) is 1.52. The lowest BCUT2D eigenvalue weighted by Crippen LogP contribution is -2.37. The van der Waals surface area contributed by atoms with Crippen molar-refractivity contribution in [3.63, 3.8) is 0 Å². The molecule has 1 aromatic carbocycles. The van der Waals surface area contributed by atoms with E-state index >= 15 is 4.39 Å². The van der Waals surface area contributed by atoms with Crippen molar-refractivity contribution < 1.29 is 32.3 Å². The Hall–Kier alpha value is -3.38. The SMILES string of the molecule is O=C(NCC1CN(c2ccc(N3CCON(Cc4ccccn4)CC3)c(F)c2)C(=O)O1)C(F)F. The van der Waals surface area contributed by atoms with E-state index in [0.717, 1.165) is 5.69 Å². The first-order valence-electron chi connectivity index (χ1n) is 10.8. The Morgan fingerprint density at radius 2 is 2.06 bits per heavy atom. The summed E-state index contributed by atoms with van der Waals surface area (Å²) < 4.78 is 44.7. The molecule has 2 saturated heterocycles. The molecule has 1 N–H and O–H groups in total. The number of pyridine rings is 1. The van der Waals surface area contributed by atoms with Crippen LogP contribution >= 0.6 is 0 Å². The number of nitrogens with one attached hydrogen (secondary N) is 1. The van der Waals surface area contributed by atoms with Gasteiger partial charge in [0, 0.05) is 25.8 Å². The van der Waals surface area contributed by atoms with Crippen LogP contribution in [0.3, 0.4) is 0 Å². The molecule has 2 fully saturated rings. The van der Waals surface area contributed by atoms with Gasteiger partial charge in [0.15, 0.2) is 0 Å². The maximum Gasteiger partial charge on any atom is 0.414 e. The molecule has 182 valence electrons. The summed E-state index contributed by atoms with van der Waals surface area (Å²) in [6.07, 6.45) is -2.99. The number of ether oxygens (including phenoxy) is 1. The Morgan fingerprint density at radius 1 is 1.21 bits per heavy atom. The third-order valence-electron chi connectivity index (χ3n) is 5.48. The lowest BCUT2D eigenvalue weighted by molar-refractivity contribution is -0.155. The molecule has 1 atom stereocenters. The minimum atomic E-state index is -3.15. The number of hydrogen-bond acceptors (Lipinski definition) is 7. The van der Waals surface area contributed by atoms with Crippen LogP contribution in [0.5, 0.6) is 0 Å². The first-order valence-corrected chi connectivity index (χ1v) is 10.8. The van der Waals surface area contributed by atoms with E-state index in [1.54, 1.807) is 23.4 Å². The average molecular weight is 479 g/mol. The van der Waals surface area contributed by atoms with Gasteiger partial charge in [0.05, 0.1) is 43.3 Å². The number of carbonyl (C=O) groups is 2. The first kappa shape index (κ1) is 23.8. The lowest BCUT2D eigenvalue weighted by Gasteiger charge is -2.24. The van der Waals surface area contributed by atoms with Gasteiger partial charge >= 0.3 is 12.5 Å². The molecule has 1 aromatic heterocycles. The van der Waals surface area contributed by atoms with Crippen LogP contribution in [0.1, 0.15) is 5.69 Å². The van der Waals surface area contributed by atoms with Gasteiger partial charge < -0.3 is 15.0 Å². The van der Waals surface area contributed by atoms with Crippen molar-refractivity contribution >= 4 is 23.4 Å². The summed E-state index contributed by atoms with van der Waals surface area (Å²) >= 11 is 0. The number of hydrogen-bond donors (Lipinski definition) is 1. The zero-order valence-electron chi connectivity index (χ0n) is 18.2. The molecular weight excluding hydrogens is 455 g/mol. The van der Waals surface area contributed by atoms with E-state index in [2.05, 4.69) is 4.98 Å². The second-order valence-corrected chi connectivity index (χ2v) is 7.80. The van der Waals surface area contributed by atoms with Gasteiger partial charge in [0.2, 0.25) is 0 Å². The predicted octanol–water partition coefficient (Wildman–Crippen LogP) is 2.18. The number of carbonyl (C=O) groups excluding carboxylic acids is 2. The molecule has 0 aliphatic carbocycles. The Labute approximate surface area is 194 Å². The fraction of sp³-hybridized carbons (Fsp3) is 0.409. The van der Waals surface area contributed by atoms with Crippen LogP contribution in [0.25, 0.3) is 0 Å². The third kappa shape index (κ3) is 5.75. The van der Waals surface area contributed by atoms with E-state index < -0.39 is 30.3 Å². The number of benzene rings is 1. The molecule has 2 aliphatic heterocycles. The first-order chi connectivity index (χ1) is 16.4. The van der Waals surface area contributed by atoms with Crippen LogP contribution in [-0.4, -0.2) is 73.9 Å². The molecule has 9 nitrogen and oxygen atoms in total. The van der Waals surface area contributed by atoms with E-state index in [9.17, 15) is 18.4 Å². The highest BCUT2D eigenvalue weighted by Crippen LogP contribution is 2.28. The van der Waals surface area contributed by atoms with E-state index in [1.165, 1.54) is 11.0 Å².